The van der Waals surface area contributed by atoms with Crippen LogP contribution in [-0.2, 0) is 27.3 Å². The van der Waals surface area contributed by atoms with Gasteiger partial charge < -0.3 is 19.3 Å². The number of nitrogens with zero attached hydrogens (tertiary/aromatic N) is 4. The van der Waals surface area contributed by atoms with Gasteiger partial charge in [0.15, 0.2) is 0 Å². The summed E-state index contributed by atoms with van der Waals surface area (Å²) < 4.78 is 11.6. The minimum atomic E-state index is -0.290. The van der Waals surface area contributed by atoms with Gasteiger partial charge in [-0.2, -0.15) is 5.26 Å². The summed E-state index contributed by atoms with van der Waals surface area (Å²) in [6.07, 6.45) is 3.94. The first-order chi connectivity index (χ1) is 15.8. The van der Waals surface area contributed by atoms with Crippen LogP contribution in [0.2, 0.25) is 0 Å². The van der Waals surface area contributed by atoms with Gasteiger partial charge in [-0.15, -0.1) is 0 Å². The molecule has 0 radical (unpaired) electrons. The van der Waals surface area contributed by atoms with Crippen molar-refractivity contribution >= 4 is 11.7 Å². The lowest BCUT2D eigenvalue weighted by Crippen LogP contribution is -2.58. The SMILES string of the molecule is CCCOCC(=O)N1CCN(c2nc(C3CC3)c3c(c2C#N)CC(C)(C)OC3)CC1C(C)C. The molecule has 1 aromatic rings. The topological polar surface area (TPSA) is 78.7 Å². The number of piperazine rings is 1. The summed E-state index contributed by atoms with van der Waals surface area (Å²) in [4.78, 5) is 22.2. The molecule has 7 nitrogen and oxygen atoms in total. The molecule has 1 atom stereocenters. The number of hydrogen-bond acceptors (Lipinski definition) is 6. The Morgan fingerprint density at radius 2 is 2.06 bits per heavy atom. The number of aromatic nitrogens is 1. The summed E-state index contributed by atoms with van der Waals surface area (Å²) in [5.41, 5.74) is 3.79. The molecule has 180 valence electrons. The molecule has 4 rings (SSSR count). The van der Waals surface area contributed by atoms with Crippen LogP contribution in [0.4, 0.5) is 5.82 Å². The maximum atomic E-state index is 12.9. The van der Waals surface area contributed by atoms with Crippen LogP contribution in [0.15, 0.2) is 0 Å². The number of nitriles is 1. The summed E-state index contributed by atoms with van der Waals surface area (Å²) in [5.74, 6) is 1.63. The molecular formula is C26H38N4O3. The number of anilines is 1. The molecule has 7 heteroatoms. The number of amides is 1. The second kappa shape index (κ2) is 9.60. The van der Waals surface area contributed by atoms with Crippen molar-refractivity contribution in [2.45, 2.75) is 84.5 Å². The van der Waals surface area contributed by atoms with Crippen molar-refractivity contribution < 1.29 is 14.3 Å². The Balaban J connectivity index is 1.65. The summed E-state index contributed by atoms with van der Waals surface area (Å²) in [7, 11) is 0. The van der Waals surface area contributed by atoms with E-state index in [9.17, 15) is 10.1 Å². The summed E-state index contributed by atoms with van der Waals surface area (Å²) in [6.45, 7) is 13.8. The number of ether oxygens (including phenoxy) is 2. The zero-order chi connectivity index (χ0) is 23.8. The minimum Gasteiger partial charge on any atom is -0.372 e. The van der Waals surface area contributed by atoms with E-state index < -0.39 is 0 Å². The molecule has 1 saturated carbocycles. The van der Waals surface area contributed by atoms with E-state index in [1.165, 1.54) is 0 Å². The Morgan fingerprint density at radius 3 is 2.70 bits per heavy atom. The van der Waals surface area contributed by atoms with Crippen LogP contribution in [0.25, 0.3) is 0 Å². The fourth-order valence-corrected chi connectivity index (χ4v) is 5.09. The Labute approximate surface area is 198 Å². The van der Waals surface area contributed by atoms with Crippen LogP contribution in [0.3, 0.4) is 0 Å². The van der Waals surface area contributed by atoms with Crippen molar-refractivity contribution in [2.24, 2.45) is 5.92 Å². The van der Waals surface area contributed by atoms with Gasteiger partial charge >= 0.3 is 0 Å². The number of fused-ring (bicyclic) bond motifs is 1. The van der Waals surface area contributed by atoms with Gasteiger partial charge in [0.25, 0.3) is 0 Å². The van der Waals surface area contributed by atoms with Crippen LogP contribution in [0, 0.1) is 17.2 Å². The fourth-order valence-electron chi connectivity index (χ4n) is 5.09. The Bertz CT molecular complexity index is 932. The molecule has 0 spiro atoms. The average Bonchev–Trinajstić information content (AvgIpc) is 3.62. The highest BCUT2D eigenvalue weighted by molar-refractivity contribution is 5.78. The van der Waals surface area contributed by atoms with Gasteiger partial charge in [0.05, 0.1) is 29.5 Å². The third-order valence-electron chi connectivity index (χ3n) is 7.09. The molecule has 0 N–H and O–H groups in total. The van der Waals surface area contributed by atoms with Gasteiger partial charge in [-0.25, -0.2) is 4.98 Å². The fraction of sp³-hybridized carbons (Fsp3) is 0.731. The predicted molar refractivity (Wildman–Crippen MR) is 127 cm³/mol. The first-order valence-electron chi connectivity index (χ1n) is 12.5. The van der Waals surface area contributed by atoms with Crippen molar-refractivity contribution in [3.63, 3.8) is 0 Å². The summed E-state index contributed by atoms with van der Waals surface area (Å²) >= 11 is 0. The second-order valence-corrected chi connectivity index (χ2v) is 10.7. The zero-order valence-electron chi connectivity index (χ0n) is 20.8. The van der Waals surface area contributed by atoms with Crippen LogP contribution in [0.5, 0.6) is 0 Å². The Morgan fingerprint density at radius 1 is 1.30 bits per heavy atom. The monoisotopic (exact) mass is 454 g/mol. The first kappa shape index (κ1) is 24.0. The summed E-state index contributed by atoms with van der Waals surface area (Å²) in [5, 5.41) is 10.2. The molecule has 2 fully saturated rings. The van der Waals surface area contributed by atoms with E-state index in [1.807, 2.05) is 11.8 Å². The van der Waals surface area contributed by atoms with Gasteiger partial charge in [-0.05, 0) is 44.6 Å². The minimum absolute atomic E-state index is 0.0540. The molecule has 3 heterocycles. The standard InChI is InChI=1S/C26H38N4O3/c1-6-11-32-16-23(31)30-10-9-29(14-22(30)17(2)3)25-20(13-27)19-12-26(4,5)33-15-21(19)24(28-25)18-7-8-18/h17-18,22H,6-12,14-16H2,1-5H3. The average molecular weight is 455 g/mol. The molecule has 0 aromatic carbocycles. The number of carbonyl (C=O) groups excluding carboxylic acids is 1. The molecule has 1 unspecified atom stereocenters. The molecule has 2 aliphatic heterocycles. The van der Waals surface area contributed by atoms with Gasteiger partial charge in [0.2, 0.25) is 5.91 Å². The van der Waals surface area contributed by atoms with Gasteiger partial charge in [-0.3, -0.25) is 4.79 Å². The second-order valence-electron chi connectivity index (χ2n) is 10.7. The van der Waals surface area contributed by atoms with Crippen molar-refractivity contribution in [1.82, 2.24) is 9.88 Å². The Kier molecular flexibility index (Phi) is 6.97. The number of rotatable bonds is 7. The zero-order valence-corrected chi connectivity index (χ0v) is 20.8. The molecule has 1 aliphatic carbocycles. The van der Waals surface area contributed by atoms with Crippen LogP contribution < -0.4 is 4.90 Å². The van der Waals surface area contributed by atoms with Crippen molar-refractivity contribution in [1.29, 1.82) is 5.26 Å². The molecule has 1 saturated heterocycles. The lowest BCUT2D eigenvalue weighted by Gasteiger charge is -2.44. The van der Waals surface area contributed by atoms with E-state index in [-0.39, 0.29) is 24.2 Å². The Hall–Kier alpha value is -2.17. The van der Waals surface area contributed by atoms with Crippen LogP contribution >= 0.6 is 0 Å². The van der Waals surface area contributed by atoms with E-state index in [0.717, 1.165) is 48.3 Å². The molecule has 33 heavy (non-hydrogen) atoms. The van der Waals surface area contributed by atoms with Gasteiger partial charge in [-0.1, -0.05) is 20.8 Å². The molecule has 0 bridgehead atoms. The normalized spacial score (nSPS) is 22.3. The third-order valence-corrected chi connectivity index (χ3v) is 7.09. The number of hydrogen-bond donors (Lipinski definition) is 0. The smallest absolute Gasteiger partial charge is 0.248 e. The van der Waals surface area contributed by atoms with E-state index in [0.29, 0.717) is 50.2 Å². The molecule has 1 amide bonds. The van der Waals surface area contributed by atoms with E-state index in [1.54, 1.807) is 0 Å². The lowest BCUT2D eigenvalue weighted by molar-refractivity contribution is -0.140. The van der Waals surface area contributed by atoms with Gasteiger partial charge in [0, 0.05) is 44.1 Å². The number of carbonyl (C=O) groups is 1. The molecule has 1 aromatic heterocycles. The maximum absolute atomic E-state index is 12.9. The van der Waals surface area contributed by atoms with Crippen molar-refractivity contribution in [3.05, 3.63) is 22.4 Å². The predicted octanol–water partition coefficient (Wildman–Crippen LogP) is 3.78. The third kappa shape index (κ3) is 5.02. The van der Waals surface area contributed by atoms with E-state index in [2.05, 4.69) is 38.7 Å². The quantitative estimate of drug-likeness (QED) is 0.584. The van der Waals surface area contributed by atoms with Crippen molar-refractivity contribution in [2.75, 3.05) is 37.7 Å². The van der Waals surface area contributed by atoms with Crippen LogP contribution in [-0.4, -0.2) is 60.3 Å². The molecule has 3 aliphatic rings. The van der Waals surface area contributed by atoms with E-state index >= 15 is 0 Å². The number of pyridine rings is 1. The maximum Gasteiger partial charge on any atom is 0.248 e. The highest BCUT2D eigenvalue weighted by Gasteiger charge is 2.39. The van der Waals surface area contributed by atoms with Crippen molar-refractivity contribution in [3.8, 4) is 6.07 Å². The van der Waals surface area contributed by atoms with E-state index in [4.69, 9.17) is 14.5 Å². The highest BCUT2D eigenvalue weighted by atomic mass is 16.5. The lowest BCUT2D eigenvalue weighted by atomic mass is 9.87. The van der Waals surface area contributed by atoms with Gasteiger partial charge in [0.1, 0.15) is 18.5 Å². The molecular weight excluding hydrogens is 416 g/mol. The largest absolute Gasteiger partial charge is 0.372 e. The van der Waals surface area contributed by atoms with Crippen LogP contribution in [0.1, 0.15) is 82.2 Å². The highest BCUT2D eigenvalue weighted by Crippen LogP contribution is 2.46. The first-order valence-corrected chi connectivity index (χ1v) is 12.5. The summed E-state index contributed by atoms with van der Waals surface area (Å²) in [6, 6.07) is 2.56.